The molecule has 176 valence electrons. The van der Waals surface area contributed by atoms with Gasteiger partial charge in [-0.3, -0.25) is 0 Å². The normalized spacial score (nSPS) is 38.6. The van der Waals surface area contributed by atoms with Crippen molar-refractivity contribution in [1.29, 1.82) is 0 Å². The van der Waals surface area contributed by atoms with Crippen LogP contribution < -0.4 is 0 Å². The predicted octanol–water partition coefficient (Wildman–Crippen LogP) is 9.42. The summed E-state index contributed by atoms with van der Waals surface area (Å²) in [7, 11) is -1.31. The maximum Gasteiger partial charge on any atom is 0.0541 e. The summed E-state index contributed by atoms with van der Waals surface area (Å²) in [6.45, 7) is 5.71. The van der Waals surface area contributed by atoms with Gasteiger partial charge in [0.15, 0.2) is 0 Å². The summed E-state index contributed by atoms with van der Waals surface area (Å²) >= 11 is 0. The molecule has 0 radical (unpaired) electrons. The third kappa shape index (κ3) is 3.87. The second kappa shape index (κ2) is 9.03. The van der Waals surface area contributed by atoms with E-state index in [1.54, 1.807) is 24.0 Å². The molecule has 4 fully saturated rings. The van der Waals surface area contributed by atoms with E-state index in [-0.39, 0.29) is 0 Å². The van der Waals surface area contributed by atoms with Crippen molar-refractivity contribution in [2.75, 3.05) is 0 Å². The van der Waals surface area contributed by atoms with E-state index in [0.717, 1.165) is 46.6 Å². The molecule has 0 amide bonds. The average molecular weight is 457 g/mol. The van der Waals surface area contributed by atoms with Crippen molar-refractivity contribution < 1.29 is 0 Å². The van der Waals surface area contributed by atoms with E-state index in [0.29, 0.717) is 0 Å². The third-order valence-corrected chi connectivity index (χ3v) is 16.5. The molecule has 33 heavy (non-hydrogen) atoms. The van der Waals surface area contributed by atoms with Gasteiger partial charge in [-0.25, -0.2) is 0 Å². The Bertz CT molecular complexity index is 843. The minimum atomic E-state index is -1.31. The Balaban J connectivity index is 1.22. The molecule has 0 saturated heterocycles. The first-order chi connectivity index (χ1) is 16.1. The van der Waals surface area contributed by atoms with Gasteiger partial charge in [0.05, 0.1) is 8.07 Å². The number of benzene rings is 2. The molecule has 8 atom stereocenters. The van der Waals surface area contributed by atoms with Crippen LogP contribution in [0.5, 0.6) is 0 Å². The van der Waals surface area contributed by atoms with Gasteiger partial charge < -0.3 is 0 Å². The summed E-state index contributed by atoms with van der Waals surface area (Å²) in [5.41, 5.74) is 5.45. The van der Waals surface area contributed by atoms with E-state index >= 15 is 0 Å². The number of rotatable bonds is 4. The van der Waals surface area contributed by atoms with Crippen LogP contribution in [0.4, 0.5) is 0 Å². The lowest BCUT2D eigenvalue weighted by molar-refractivity contribution is 0.227. The van der Waals surface area contributed by atoms with Crippen LogP contribution in [-0.4, -0.2) is 8.07 Å². The van der Waals surface area contributed by atoms with Crippen LogP contribution in [0.15, 0.2) is 60.7 Å². The first-order valence-electron chi connectivity index (χ1n) is 14.2. The summed E-state index contributed by atoms with van der Waals surface area (Å²) < 4.78 is 0. The Morgan fingerprint density at radius 1 is 0.485 bits per heavy atom. The molecular formula is C32H44Si. The van der Waals surface area contributed by atoms with Crippen molar-refractivity contribution in [3.8, 4) is 0 Å². The first-order valence-corrected chi connectivity index (χ1v) is 17.4. The molecule has 1 heteroatoms. The third-order valence-electron chi connectivity index (χ3n) is 11.3. The summed E-state index contributed by atoms with van der Waals surface area (Å²) in [5.74, 6) is 5.68. The lowest BCUT2D eigenvalue weighted by Gasteiger charge is -2.47. The van der Waals surface area contributed by atoms with Crippen LogP contribution in [0.3, 0.4) is 0 Å². The molecule has 4 aliphatic carbocycles. The highest BCUT2D eigenvalue weighted by Crippen LogP contribution is 2.64. The van der Waals surface area contributed by atoms with Crippen LogP contribution in [0.25, 0.3) is 0 Å². The van der Waals surface area contributed by atoms with Crippen molar-refractivity contribution in [2.24, 2.45) is 23.7 Å². The lowest BCUT2D eigenvalue weighted by Crippen LogP contribution is -2.44. The molecule has 0 heterocycles. The van der Waals surface area contributed by atoms with Gasteiger partial charge in [0, 0.05) is 0 Å². The van der Waals surface area contributed by atoms with Crippen LogP contribution >= 0.6 is 0 Å². The summed E-state index contributed by atoms with van der Waals surface area (Å²) in [4.78, 5) is 0. The molecule has 0 spiro atoms. The fourth-order valence-electron chi connectivity index (χ4n) is 9.95. The van der Waals surface area contributed by atoms with Gasteiger partial charge in [-0.1, -0.05) is 112 Å². The zero-order valence-electron chi connectivity index (χ0n) is 21.0. The smallest absolute Gasteiger partial charge is 0.0541 e. The van der Waals surface area contributed by atoms with Crippen molar-refractivity contribution in [1.82, 2.24) is 0 Å². The van der Waals surface area contributed by atoms with Gasteiger partial charge in [0.2, 0.25) is 0 Å². The second-order valence-corrected chi connectivity index (χ2v) is 17.9. The van der Waals surface area contributed by atoms with Crippen molar-refractivity contribution in [3.05, 3.63) is 71.8 Å². The van der Waals surface area contributed by atoms with Crippen molar-refractivity contribution >= 4 is 8.07 Å². The maximum atomic E-state index is 2.85. The number of hydrogen-bond donors (Lipinski definition) is 0. The summed E-state index contributed by atoms with van der Waals surface area (Å²) in [5, 5.41) is 0. The highest BCUT2D eigenvalue weighted by atomic mass is 28.3. The van der Waals surface area contributed by atoms with Crippen molar-refractivity contribution in [2.45, 2.75) is 100 Å². The van der Waals surface area contributed by atoms with Crippen molar-refractivity contribution in [3.63, 3.8) is 0 Å². The lowest BCUT2D eigenvalue weighted by atomic mass is 9.71. The zero-order chi connectivity index (χ0) is 22.4. The molecule has 4 saturated carbocycles. The van der Waals surface area contributed by atoms with E-state index in [9.17, 15) is 0 Å². The molecule has 2 aromatic rings. The largest absolute Gasteiger partial charge is 0.0689 e. The SMILES string of the molecule is C[Si](C)(C1CCC2C(c3ccccc3)CCCC21)C1CCC2C(c3ccccc3)CCCC21. The molecule has 2 aromatic carbocycles. The standard InChI is InChI=1S/C32H44Si/c1-33(2,31-21-19-27-25(15-9-17-29(27)31)23-11-5-3-6-12-23)32-22-20-28-26(16-10-18-30(28)32)24-13-7-4-8-14-24/h3-8,11-14,25-32H,9-10,15-22H2,1-2H3. The molecule has 8 unspecified atom stereocenters. The predicted molar refractivity (Wildman–Crippen MR) is 143 cm³/mol. The minimum absolute atomic E-state index is 0.841. The van der Waals surface area contributed by atoms with Gasteiger partial charge in [0.25, 0.3) is 0 Å². The van der Waals surface area contributed by atoms with Crippen LogP contribution in [-0.2, 0) is 0 Å². The number of hydrogen-bond acceptors (Lipinski definition) is 0. The topological polar surface area (TPSA) is 0 Å². The maximum absolute atomic E-state index is 2.85. The Hall–Kier alpha value is -1.34. The molecule has 0 aliphatic heterocycles. The highest BCUT2D eigenvalue weighted by Gasteiger charge is 2.55. The highest BCUT2D eigenvalue weighted by molar-refractivity contribution is 6.80. The summed E-state index contributed by atoms with van der Waals surface area (Å²) in [6.07, 6.45) is 15.0. The van der Waals surface area contributed by atoms with E-state index in [2.05, 4.69) is 73.8 Å². The van der Waals surface area contributed by atoms with Crippen LogP contribution in [0, 0.1) is 23.7 Å². The quantitative estimate of drug-likeness (QED) is 0.402. The molecule has 0 N–H and O–H groups in total. The molecular weight excluding hydrogens is 412 g/mol. The first kappa shape index (κ1) is 22.1. The average Bonchev–Trinajstić information content (AvgIpc) is 3.50. The Morgan fingerprint density at radius 3 is 1.33 bits per heavy atom. The molecule has 0 nitrogen and oxygen atoms in total. The fourth-order valence-corrected chi connectivity index (χ4v) is 15.4. The van der Waals surface area contributed by atoms with Crippen LogP contribution in [0.1, 0.15) is 87.2 Å². The van der Waals surface area contributed by atoms with Gasteiger partial charge in [-0.15, -0.1) is 0 Å². The molecule has 6 rings (SSSR count). The Labute approximate surface area is 203 Å². The number of fused-ring (bicyclic) bond motifs is 2. The minimum Gasteiger partial charge on any atom is -0.0689 e. The van der Waals surface area contributed by atoms with Crippen LogP contribution in [0.2, 0.25) is 24.2 Å². The molecule has 0 aromatic heterocycles. The molecule has 4 aliphatic rings. The van der Waals surface area contributed by atoms with E-state index in [1.807, 2.05) is 0 Å². The fraction of sp³-hybridized carbons (Fsp3) is 0.625. The van der Waals surface area contributed by atoms with Gasteiger partial charge in [0.1, 0.15) is 0 Å². The second-order valence-electron chi connectivity index (χ2n) is 12.7. The van der Waals surface area contributed by atoms with E-state index in [4.69, 9.17) is 0 Å². The van der Waals surface area contributed by atoms with E-state index < -0.39 is 8.07 Å². The van der Waals surface area contributed by atoms with Gasteiger partial charge in [-0.05, 0) is 83.4 Å². The Kier molecular flexibility index (Phi) is 6.06. The van der Waals surface area contributed by atoms with E-state index in [1.165, 1.54) is 51.4 Å². The van der Waals surface area contributed by atoms with Gasteiger partial charge >= 0.3 is 0 Å². The monoisotopic (exact) mass is 456 g/mol. The Morgan fingerprint density at radius 2 is 0.909 bits per heavy atom. The van der Waals surface area contributed by atoms with Gasteiger partial charge in [-0.2, -0.15) is 0 Å². The zero-order valence-corrected chi connectivity index (χ0v) is 22.0. The summed E-state index contributed by atoms with van der Waals surface area (Å²) in [6, 6.07) is 23.2. The molecule has 0 bridgehead atoms.